The Kier molecular flexibility index (Phi) is 4.81. The Morgan fingerprint density at radius 1 is 1.25 bits per heavy atom. The van der Waals surface area contributed by atoms with E-state index in [0.717, 1.165) is 12.8 Å². The summed E-state index contributed by atoms with van der Waals surface area (Å²) in [6.07, 6.45) is 1.88. The van der Waals surface area contributed by atoms with Gasteiger partial charge in [-0.15, -0.1) is 0 Å². The lowest BCUT2D eigenvalue weighted by molar-refractivity contribution is -0.141. The van der Waals surface area contributed by atoms with E-state index in [9.17, 15) is 14.0 Å². The van der Waals surface area contributed by atoms with Gasteiger partial charge >= 0.3 is 5.97 Å². The predicted molar refractivity (Wildman–Crippen MR) is 101 cm³/mol. The molecule has 1 aromatic heterocycles. The number of esters is 1. The van der Waals surface area contributed by atoms with E-state index in [-0.39, 0.29) is 30.4 Å². The molecule has 0 spiro atoms. The molecule has 0 unspecified atom stereocenters. The monoisotopic (exact) mass is 382 g/mol. The zero-order chi connectivity index (χ0) is 19.7. The number of fused-ring (bicyclic) bond motifs is 1. The van der Waals surface area contributed by atoms with Gasteiger partial charge in [-0.2, -0.15) is 0 Å². The Hall–Kier alpha value is -3.22. The number of ether oxygens (including phenoxy) is 2. The van der Waals surface area contributed by atoms with Crippen molar-refractivity contribution in [3.8, 4) is 5.75 Å². The van der Waals surface area contributed by atoms with Crippen molar-refractivity contribution < 1.29 is 18.7 Å². The maximum Gasteiger partial charge on any atom is 0.325 e. The molecule has 28 heavy (non-hydrogen) atoms. The SMILES string of the molecule is COC(=O)Cn1c(C2CC2)nc2cc(OCc3cccc(F)c3)ccc2c1=O. The number of carbonyl (C=O) groups excluding carboxylic acids is 1. The zero-order valence-electron chi connectivity index (χ0n) is 15.4. The third kappa shape index (κ3) is 3.74. The van der Waals surface area contributed by atoms with Gasteiger partial charge in [0.2, 0.25) is 0 Å². The molecule has 7 heteroatoms. The van der Waals surface area contributed by atoms with E-state index in [4.69, 9.17) is 9.47 Å². The summed E-state index contributed by atoms with van der Waals surface area (Å²) >= 11 is 0. The molecule has 2 aromatic carbocycles. The van der Waals surface area contributed by atoms with Crippen LogP contribution in [0.25, 0.3) is 10.9 Å². The fourth-order valence-corrected chi connectivity index (χ4v) is 3.10. The second kappa shape index (κ2) is 7.42. The number of aromatic nitrogens is 2. The maximum absolute atomic E-state index is 13.3. The van der Waals surface area contributed by atoms with Gasteiger partial charge < -0.3 is 9.47 Å². The molecule has 0 amide bonds. The molecular formula is C21H19FN2O4. The first-order chi connectivity index (χ1) is 13.5. The molecule has 1 heterocycles. The lowest BCUT2D eigenvalue weighted by Gasteiger charge is -2.13. The number of halogens is 1. The number of rotatable bonds is 6. The summed E-state index contributed by atoms with van der Waals surface area (Å²) in [6.45, 7) is 0.0556. The average molecular weight is 382 g/mol. The van der Waals surface area contributed by atoms with Crippen LogP contribution in [-0.4, -0.2) is 22.6 Å². The van der Waals surface area contributed by atoms with Crippen LogP contribution in [0.5, 0.6) is 5.75 Å². The van der Waals surface area contributed by atoms with Crippen LogP contribution in [0.1, 0.15) is 30.1 Å². The minimum Gasteiger partial charge on any atom is -0.489 e. The van der Waals surface area contributed by atoms with Crippen molar-refractivity contribution in [2.45, 2.75) is 31.9 Å². The van der Waals surface area contributed by atoms with Gasteiger partial charge in [-0.1, -0.05) is 12.1 Å². The van der Waals surface area contributed by atoms with Crippen LogP contribution >= 0.6 is 0 Å². The maximum atomic E-state index is 13.3. The van der Waals surface area contributed by atoms with Gasteiger partial charge in [-0.25, -0.2) is 9.37 Å². The van der Waals surface area contributed by atoms with Crippen molar-refractivity contribution >= 4 is 16.9 Å². The Balaban J connectivity index is 1.66. The Labute approximate surface area is 160 Å². The van der Waals surface area contributed by atoms with Crippen LogP contribution in [0.3, 0.4) is 0 Å². The fraction of sp³-hybridized carbons (Fsp3) is 0.286. The Bertz CT molecular complexity index is 1110. The largest absolute Gasteiger partial charge is 0.489 e. The first-order valence-corrected chi connectivity index (χ1v) is 9.03. The predicted octanol–water partition coefficient (Wildman–Crippen LogP) is 3.17. The highest BCUT2D eigenvalue weighted by Crippen LogP contribution is 2.39. The minimum absolute atomic E-state index is 0.151. The molecule has 4 rings (SSSR count). The van der Waals surface area contributed by atoms with Gasteiger partial charge in [0.05, 0.1) is 18.0 Å². The number of hydrogen-bond acceptors (Lipinski definition) is 5. The van der Waals surface area contributed by atoms with Crippen LogP contribution in [0.15, 0.2) is 47.3 Å². The van der Waals surface area contributed by atoms with Crippen LogP contribution < -0.4 is 10.3 Å². The number of carbonyl (C=O) groups is 1. The highest BCUT2D eigenvalue weighted by Gasteiger charge is 2.30. The molecule has 144 valence electrons. The van der Waals surface area contributed by atoms with E-state index in [1.807, 2.05) is 0 Å². The lowest BCUT2D eigenvalue weighted by atomic mass is 10.2. The summed E-state index contributed by atoms with van der Waals surface area (Å²) < 4.78 is 25.1. The lowest BCUT2D eigenvalue weighted by Crippen LogP contribution is -2.29. The molecule has 0 radical (unpaired) electrons. The Morgan fingerprint density at radius 2 is 2.07 bits per heavy atom. The molecule has 1 aliphatic carbocycles. The van der Waals surface area contributed by atoms with Crippen molar-refractivity contribution in [2.24, 2.45) is 0 Å². The molecule has 0 saturated heterocycles. The van der Waals surface area contributed by atoms with Crippen molar-refractivity contribution in [1.29, 1.82) is 0 Å². The van der Waals surface area contributed by atoms with E-state index in [1.54, 1.807) is 30.3 Å². The summed E-state index contributed by atoms with van der Waals surface area (Å²) in [5, 5.41) is 0.409. The summed E-state index contributed by atoms with van der Waals surface area (Å²) in [5.74, 6) is 0.515. The molecule has 0 aliphatic heterocycles. The number of nitrogens with zero attached hydrogens (tertiary/aromatic N) is 2. The highest BCUT2D eigenvalue weighted by molar-refractivity contribution is 5.80. The van der Waals surface area contributed by atoms with Crippen LogP contribution in [0.2, 0.25) is 0 Å². The van der Waals surface area contributed by atoms with E-state index < -0.39 is 5.97 Å². The smallest absolute Gasteiger partial charge is 0.325 e. The second-order valence-corrected chi connectivity index (χ2v) is 6.81. The third-order valence-corrected chi connectivity index (χ3v) is 4.71. The van der Waals surface area contributed by atoms with E-state index in [0.29, 0.717) is 28.0 Å². The first-order valence-electron chi connectivity index (χ1n) is 9.03. The number of hydrogen-bond donors (Lipinski definition) is 0. The fourth-order valence-electron chi connectivity index (χ4n) is 3.10. The van der Waals surface area contributed by atoms with Crippen LogP contribution in [0.4, 0.5) is 4.39 Å². The molecule has 6 nitrogen and oxygen atoms in total. The molecule has 0 atom stereocenters. The van der Waals surface area contributed by atoms with E-state index in [1.165, 1.54) is 23.8 Å². The van der Waals surface area contributed by atoms with Gasteiger partial charge in [0.25, 0.3) is 5.56 Å². The van der Waals surface area contributed by atoms with Gasteiger partial charge in [0.1, 0.15) is 30.5 Å². The standard InChI is InChI=1S/C21H19FN2O4/c1-27-19(25)11-24-20(14-5-6-14)23-18-10-16(7-8-17(18)21(24)26)28-12-13-3-2-4-15(22)9-13/h2-4,7-10,14H,5-6,11-12H2,1H3. The normalized spacial score (nSPS) is 13.5. The van der Waals surface area contributed by atoms with E-state index in [2.05, 4.69) is 4.98 Å². The third-order valence-electron chi connectivity index (χ3n) is 4.71. The summed E-state index contributed by atoms with van der Waals surface area (Å²) in [6, 6.07) is 11.2. The molecule has 0 bridgehead atoms. The molecule has 3 aromatic rings. The average Bonchev–Trinajstić information content (AvgIpc) is 3.53. The number of benzene rings is 2. The van der Waals surface area contributed by atoms with Gasteiger partial charge in [0.15, 0.2) is 0 Å². The van der Waals surface area contributed by atoms with Crippen molar-refractivity contribution in [3.05, 3.63) is 70.0 Å². The molecule has 1 fully saturated rings. The van der Waals surface area contributed by atoms with Gasteiger partial charge in [0, 0.05) is 12.0 Å². The Morgan fingerprint density at radius 3 is 2.79 bits per heavy atom. The van der Waals surface area contributed by atoms with Crippen molar-refractivity contribution in [2.75, 3.05) is 7.11 Å². The van der Waals surface area contributed by atoms with Crippen LogP contribution in [0, 0.1) is 5.82 Å². The van der Waals surface area contributed by atoms with Crippen LogP contribution in [-0.2, 0) is 22.7 Å². The minimum atomic E-state index is -0.486. The summed E-state index contributed by atoms with van der Waals surface area (Å²) in [4.78, 5) is 29.2. The highest BCUT2D eigenvalue weighted by atomic mass is 19.1. The van der Waals surface area contributed by atoms with Gasteiger partial charge in [-0.05, 0) is 42.7 Å². The van der Waals surface area contributed by atoms with Gasteiger partial charge in [-0.3, -0.25) is 14.2 Å². The molecular weight excluding hydrogens is 363 g/mol. The second-order valence-electron chi connectivity index (χ2n) is 6.81. The summed E-state index contributed by atoms with van der Waals surface area (Å²) in [5.41, 5.74) is 0.957. The van der Waals surface area contributed by atoms with Crippen molar-refractivity contribution in [1.82, 2.24) is 9.55 Å². The van der Waals surface area contributed by atoms with Crippen molar-refractivity contribution in [3.63, 3.8) is 0 Å². The molecule has 1 saturated carbocycles. The molecule has 1 aliphatic rings. The quantitative estimate of drug-likeness (QED) is 0.613. The zero-order valence-corrected chi connectivity index (χ0v) is 15.4. The number of methoxy groups -OCH3 is 1. The topological polar surface area (TPSA) is 70.4 Å². The molecule has 0 N–H and O–H groups in total. The van der Waals surface area contributed by atoms with E-state index >= 15 is 0 Å². The summed E-state index contributed by atoms with van der Waals surface area (Å²) in [7, 11) is 1.29. The first kappa shape index (κ1) is 18.2.